The molecular weight excluding hydrogens is 400 g/mol. The maximum atomic E-state index is 6.07. The minimum atomic E-state index is 0.115. The van der Waals surface area contributed by atoms with Crippen LogP contribution in [0.5, 0.6) is 17.2 Å². The van der Waals surface area contributed by atoms with Gasteiger partial charge in [0.25, 0.3) is 0 Å². The van der Waals surface area contributed by atoms with Gasteiger partial charge < -0.3 is 24.4 Å². The second-order valence-corrected chi connectivity index (χ2v) is 8.33. The highest BCUT2D eigenvalue weighted by molar-refractivity contribution is 5.52. The number of ether oxygens (including phenoxy) is 3. The van der Waals surface area contributed by atoms with Gasteiger partial charge in [0, 0.05) is 13.1 Å². The van der Waals surface area contributed by atoms with Crippen molar-refractivity contribution in [1.82, 2.24) is 10.2 Å². The van der Waals surface area contributed by atoms with E-state index in [1.165, 1.54) is 16.7 Å². The number of methoxy groups -OCH3 is 1. The molecule has 0 spiro atoms. The third-order valence-corrected chi connectivity index (χ3v) is 5.74. The van der Waals surface area contributed by atoms with Gasteiger partial charge in [-0.15, -0.1) is 0 Å². The fourth-order valence-corrected chi connectivity index (χ4v) is 3.97. The summed E-state index contributed by atoms with van der Waals surface area (Å²) in [6.07, 6.45) is 0.971. The van der Waals surface area contributed by atoms with E-state index in [0.29, 0.717) is 13.2 Å². The minimum Gasteiger partial charge on any atom is -0.493 e. The molecule has 1 aliphatic rings. The molecule has 0 saturated heterocycles. The summed E-state index contributed by atoms with van der Waals surface area (Å²) in [5.74, 6) is 2.47. The SMILES string of the molecule is COc1cc2c(cc1OCCN(C)C)C(c1ccc(OCc3ccccc3)cc1)NCC2. The first-order chi connectivity index (χ1) is 15.6. The number of fused-ring (bicyclic) bond motifs is 1. The van der Waals surface area contributed by atoms with E-state index < -0.39 is 0 Å². The second kappa shape index (κ2) is 10.5. The normalized spacial score (nSPS) is 15.3. The Morgan fingerprint density at radius 3 is 2.44 bits per heavy atom. The van der Waals surface area contributed by atoms with Crippen molar-refractivity contribution in [2.75, 3.05) is 40.9 Å². The van der Waals surface area contributed by atoms with Gasteiger partial charge in [-0.3, -0.25) is 0 Å². The van der Waals surface area contributed by atoms with Crippen LogP contribution in [0, 0.1) is 0 Å². The highest BCUT2D eigenvalue weighted by Crippen LogP contribution is 2.38. The van der Waals surface area contributed by atoms with E-state index in [0.717, 1.165) is 42.3 Å². The summed E-state index contributed by atoms with van der Waals surface area (Å²) in [6, 6.07) is 23.0. The summed E-state index contributed by atoms with van der Waals surface area (Å²) in [6.45, 7) is 2.96. The standard InChI is InChI=1S/C27H32N2O3/c1-29(2)15-16-31-26-18-24-22(17-25(26)30-3)13-14-28-27(24)21-9-11-23(12-10-21)32-19-20-7-5-4-6-8-20/h4-12,17-18,27-28H,13-16,19H2,1-3H3. The average molecular weight is 433 g/mol. The highest BCUT2D eigenvalue weighted by atomic mass is 16.5. The Morgan fingerprint density at radius 2 is 1.72 bits per heavy atom. The van der Waals surface area contributed by atoms with Crippen LogP contribution in [0.4, 0.5) is 0 Å². The quantitative estimate of drug-likeness (QED) is 0.541. The van der Waals surface area contributed by atoms with Crippen molar-refractivity contribution in [3.05, 3.63) is 89.0 Å². The Morgan fingerprint density at radius 1 is 0.938 bits per heavy atom. The van der Waals surface area contributed by atoms with Crippen molar-refractivity contribution in [3.63, 3.8) is 0 Å². The molecule has 4 rings (SSSR count). The molecule has 0 aromatic heterocycles. The van der Waals surface area contributed by atoms with Crippen LogP contribution in [-0.4, -0.2) is 45.8 Å². The summed E-state index contributed by atoms with van der Waals surface area (Å²) in [4.78, 5) is 2.11. The lowest BCUT2D eigenvalue weighted by atomic mass is 9.89. The summed E-state index contributed by atoms with van der Waals surface area (Å²) in [7, 11) is 5.79. The van der Waals surface area contributed by atoms with Crippen molar-refractivity contribution in [2.24, 2.45) is 0 Å². The van der Waals surface area contributed by atoms with Gasteiger partial charge in [0.2, 0.25) is 0 Å². The molecule has 0 amide bonds. The lowest BCUT2D eigenvalue weighted by Gasteiger charge is -2.29. The van der Waals surface area contributed by atoms with Crippen molar-refractivity contribution >= 4 is 0 Å². The van der Waals surface area contributed by atoms with Crippen molar-refractivity contribution in [3.8, 4) is 17.2 Å². The monoisotopic (exact) mass is 432 g/mol. The van der Waals surface area contributed by atoms with E-state index in [9.17, 15) is 0 Å². The number of rotatable bonds is 9. The molecule has 1 aliphatic heterocycles. The molecule has 3 aromatic carbocycles. The van der Waals surface area contributed by atoms with Crippen molar-refractivity contribution in [2.45, 2.75) is 19.1 Å². The van der Waals surface area contributed by atoms with E-state index in [4.69, 9.17) is 14.2 Å². The van der Waals surface area contributed by atoms with Crippen molar-refractivity contribution in [1.29, 1.82) is 0 Å². The van der Waals surface area contributed by atoms with E-state index >= 15 is 0 Å². The molecule has 3 aromatic rings. The third-order valence-electron chi connectivity index (χ3n) is 5.74. The molecular formula is C27H32N2O3. The summed E-state index contributed by atoms with van der Waals surface area (Å²) in [5.41, 5.74) is 4.92. The summed E-state index contributed by atoms with van der Waals surface area (Å²) >= 11 is 0. The fraction of sp³-hybridized carbons (Fsp3) is 0.333. The van der Waals surface area contributed by atoms with Gasteiger partial charge in [-0.05, 0) is 67.0 Å². The molecule has 1 heterocycles. The topological polar surface area (TPSA) is 43.0 Å². The number of nitrogens with zero attached hydrogens (tertiary/aromatic N) is 1. The number of benzene rings is 3. The van der Waals surface area contributed by atoms with Gasteiger partial charge >= 0.3 is 0 Å². The molecule has 5 heteroatoms. The summed E-state index contributed by atoms with van der Waals surface area (Å²) in [5, 5.41) is 3.66. The molecule has 0 bridgehead atoms. The van der Waals surface area contributed by atoms with Crippen LogP contribution < -0.4 is 19.5 Å². The zero-order valence-corrected chi connectivity index (χ0v) is 19.1. The third kappa shape index (κ3) is 5.42. The number of likely N-dealkylation sites (N-methyl/N-ethyl adjacent to an activating group) is 1. The smallest absolute Gasteiger partial charge is 0.161 e. The molecule has 1 atom stereocenters. The number of hydrogen-bond donors (Lipinski definition) is 1. The van der Waals surface area contributed by atoms with Gasteiger partial charge in [-0.2, -0.15) is 0 Å². The largest absolute Gasteiger partial charge is 0.493 e. The van der Waals surface area contributed by atoms with Crippen LogP contribution in [0.25, 0.3) is 0 Å². The van der Waals surface area contributed by atoms with Crippen LogP contribution in [-0.2, 0) is 13.0 Å². The first-order valence-electron chi connectivity index (χ1n) is 11.1. The Labute approximate surface area is 190 Å². The fourth-order valence-electron chi connectivity index (χ4n) is 3.97. The zero-order valence-electron chi connectivity index (χ0n) is 19.1. The van der Waals surface area contributed by atoms with Gasteiger partial charge in [-0.1, -0.05) is 42.5 Å². The van der Waals surface area contributed by atoms with E-state index in [-0.39, 0.29) is 6.04 Å². The zero-order chi connectivity index (χ0) is 22.3. The minimum absolute atomic E-state index is 0.115. The molecule has 1 unspecified atom stereocenters. The molecule has 0 aliphatic carbocycles. The first-order valence-corrected chi connectivity index (χ1v) is 11.1. The summed E-state index contributed by atoms with van der Waals surface area (Å²) < 4.78 is 17.6. The van der Waals surface area contributed by atoms with Gasteiger partial charge in [0.1, 0.15) is 19.0 Å². The van der Waals surface area contributed by atoms with E-state index in [1.54, 1.807) is 7.11 Å². The molecule has 168 valence electrons. The van der Waals surface area contributed by atoms with Gasteiger partial charge in [0.05, 0.1) is 13.2 Å². The molecule has 5 nitrogen and oxygen atoms in total. The van der Waals surface area contributed by atoms with E-state index in [1.807, 2.05) is 44.4 Å². The van der Waals surface area contributed by atoms with Crippen LogP contribution >= 0.6 is 0 Å². The van der Waals surface area contributed by atoms with Gasteiger partial charge in [-0.25, -0.2) is 0 Å². The Balaban J connectivity index is 1.51. The number of nitrogens with one attached hydrogen (secondary N) is 1. The molecule has 0 fully saturated rings. The maximum absolute atomic E-state index is 6.07. The lowest BCUT2D eigenvalue weighted by Crippen LogP contribution is -2.30. The molecule has 32 heavy (non-hydrogen) atoms. The molecule has 0 saturated carbocycles. The lowest BCUT2D eigenvalue weighted by molar-refractivity contribution is 0.250. The van der Waals surface area contributed by atoms with Crippen LogP contribution in [0.15, 0.2) is 66.7 Å². The Bertz CT molecular complexity index is 1000. The molecule has 1 N–H and O–H groups in total. The second-order valence-electron chi connectivity index (χ2n) is 8.33. The predicted octanol–water partition coefficient (Wildman–Crippen LogP) is 4.45. The van der Waals surface area contributed by atoms with Crippen LogP contribution in [0.2, 0.25) is 0 Å². The maximum Gasteiger partial charge on any atom is 0.161 e. The average Bonchev–Trinajstić information content (AvgIpc) is 2.82. The van der Waals surface area contributed by atoms with Crippen LogP contribution in [0.3, 0.4) is 0 Å². The first kappa shape index (κ1) is 22.2. The van der Waals surface area contributed by atoms with Crippen molar-refractivity contribution < 1.29 is 14.2 Å². The van der Waals surface area contributed by atoms with Crippen LogP contribution in [0.1, 0.15) is 28.3 Å². The molecule has 0 radical (unpaired) electrons. The Hall–Kier alpha value is -3.02. The highest BCUT2D eigenvalue weighted by Gasteiger charge is 2.24. The van der Waals surface area contributed by atoms with Gasteiger partial charge in [0.15, 0.2) is 11.5 Å². The predicted molar refractivity (Wildman–Crippen MR) is 128 cm³/mol. The number of hydrogen-bond acceptors (Lipinski definition) is 5. The van der Waals surface area contributed by atoms with E-state index in [2.05, 4.69) is 46.6 Å². The Kier molecular flexibility index (Phi) is 7.30.